The van der Waals surface area contributed by atoms with Crippen molar-refractivity contribution in [3.05, 3.63) is 50.4 Å². The standard InChI is InChI=1S/C13H6Cl4F2O/c14-6-1-2-12(20-13(18)19)8(3-6)7-4-10(16)11(17)5-9(7)15/h1-5,13H. The van der Waals surface area contributed by atoms with Crippen LogP contribution in [0.4, 0.5) is 8.78 Å². The van der Waals surface area contributed by atoms with Crippen LogP contribution in [0.1, 0.15) is 0 Å². The molecule has 7 heteroatoms. The number of hydrogen-bond acceptors (Lipinski definition) is 1. The zero-order valence-electron chi connectivity index (χ0n) is 9.64. The highest BCUT2D eigenvalue weighted by atomic mass is 35.5. The van der Waals surface area contributed by atoms with E-state index in [1.807, 2.05) is 0 Å². The molecule has 0 aliphatic heterocycles. The molecule has 0 fully saturated rings. The van der Waals surface area contributed by atoms with E-state index in [0.717, 1.165) is 0 Å². The molecule has 106 valence electrons. The second-order valence-electron chi connectivity index (χ2n) is 3.77. The molecule has 20 heavy (non-hydrogen) atoms. The normalized spacial score (nSPS) is 10.9. The fourth-order valence-corrected chi connectivity index (χ4v) is 2.46. The lowest BCUT2D eigenvalue weighted by molar-refractivity contribution is -0.0494. The molecule has 1 nitrogen and oxygen atoms in total. The third kappa shape index (κ3) is 3.47. The van der Waals surface area contributed by atoms with Gasteiger partial charge < -0.3 is 4.74 Å². The van der Waals surface area contributed by atoms with E-state index >= 15 is 0 Å². The molecule has 0 amide bonds. The number of alkyl halides is 2. The molecule has 0 radical (unpaired) electrons. The quantitative estimate of drug-likeness (QED) is 0.564. The van der Waals surface area contributed by atoms with E-state index in [9.17, 15) is 8.78 Å². The highest BCUT2D eigenvalue weighted by molar-refractivity contribution is 6.44. The van der Waals surface area contributed by atoms with Gasteiger partial charge in [-0.15, -0.1) is 0 Å². The first-order chi connectivity index (χ1) is 9.38. The van der Waals surface area contributed by atoms with E-state index in [1.54, 1.807) is 0 Å². The summed E-state index contributed by atoms with van der Waals surface area (Å²) >= 11 is 23.7. The summed E-state index contributed by atoms with van der Waals surface area (Å²) in [6.07, 6.45) is 0. The third-order valence-electron chi connectivity index (χ3n) is 2.46. The molecule has 0 N–H and O–H groups in total. The summed E-state index contributed by atoms with van der Waals surface area (Å²) in [7, 11) is 0. The zero-order chi connectivity index (χ0) is 14.9. The van der Waals surface area contributed by atoms with Crippen LogP contribution in [0, 0.1) is 0 Å². The third-order valence-corrected chi connectivity index (χ3v) is 3.73. The monoisotopic (exact) mass is 356 g/mol. The van der Waals surface area contributed by atoms with Gasteiger partial charge in [-0.1, -0.05) is 46.4 Å². The van der Waals surface area contributed by atoms with Crippen molar-refractivity contribution in [1.29, 1.82) is 0 Å². The summed E-state index contributed by atoms with van der Waals surface area (Å²) in [5.74, 6) is -0.0512. The van der Waals surface area contributed by atoms with E-state index in [-0.39, 0.29) is 20.8 Å². The van der Waals surface area contributed by atoms with Gasteiger partial charge in [-0.25, -0.2) is 0 Å². The minimum absolute atomic E-state index is 0.0512. The number of halogens is 6. The van der Waals surface area contributed by atoms with Gasteiger partial charge in [0, 0.05) is 16.1 Å². The number of rotatable bonds is 3. The highest BCUT2D eigenvalue weighted by Gasteiger charge is 2.16. The van der Waals surface area contributed by atoms with Crippen molar-refractivity contribution in [3.8, 4) is 16.9 Å². The van der Waals surface area contributed by atoms with Crippen molar-refractivity contribution in [2.75, 3.05) is 0 Å². The minimum Gasteiger partial charge on any atom is -0.434 e. The summed E-state index contributed by atoms with van der Waals surface area (Å²) in [6, 6.07) is 7.13. The predicted molar refractivity (Wildman–Crippen MR) is 78.5 cm³/mol. The van der Waals surface area contributed by atoms with Crippen LogP contribution in [0.15, 0.2) is 30.3 Å². The van der Waals surface area contributed by atoms with E-state index in [0.29, 0.717) is 16.1 Å². The molecule has 0 saturated carbocycles. The Labute approximate surface area is 134 Å². The zero-order valence-corrected chi connectivity index (χ0v) is 12.7. The Hall–Kier alpha value is -0.740. The summed E-state index contributed by atoms with van der Waals surface area (Å²) in [6.45, 7) is -2.96. The van der Waals surface area contributed by atoms with Gasteiger partial charge in [-0.2, -0.15) is 8.78 Å². The van der Waals surface area contributed by atoms with Gasteiger partial charge >= 0.3 is 6.61 Å². The minimum atomic E-state index is -2.96. The molecular formula is C13H6Cl4F2O. The molecule has 0 heterocycles. The van der Waals surface area contributed by atoms with Gasteiger partial charge in [0.05, 0.1) is 15.1 Å². The van der Waals surface area contributed by atoms with Crippen molar-refractivity contribution in [2.24, 2.45) is 0 Å². The van der Waals surface area contributed by atoms with Gasteiger partial charge in [0.25, 0.3) is 0 Å². The number of ether oxygens (including phenoxy) is 1. The predicted octanol–water partition coefficient (Wildman–Crippen LogP) is 6.57. The topological polar surface area (TPSA) is 9.23 Å². The summed E-state index contributed by atoms with van der Waals surface area (Å²) in [4.78, 5) is 0. The average Bonchev–Trinajstić information content (AvgIpc) is 2.35. The molecule has 0 aromatic heterocycles. The maximum atomic E-state index is 12.4. The molecule has 0 unspecified atom stereocenters. The van der Waals surface area contributed by atoms with Crippen LogP contribution in [-0.4, -0.2) is 6.61 Å². The molecule has 0 atom stereocenters. The first-order valence-corrected chi connectivity index (χ1v) is 6.79. The molecule has 2 rings (SSSR count). The summed E-state index contributed by atoms with van der Waals surface area (Å²) in [5.41, 5.74) is 0.709. The lowest BCUT2D eigenvalue weighted by Crippen LogP contribution is -2.03. The van der Waals surface area contributed by atoms with Gasteiger partial charge in [0.1, 0.15) is 5.75 Å². The van der Waals surface area contributed by atoms with E-state index in [2.05, 4.69) is 4.74 Å². The Morgan fingerprint density at radius 3 is 2.10 bits per heavy atom. The van der Waals surface area contributed by atoms with Crippen LogP contribution in [0.3, 0.4) is 0 Å². The van der Waals surface area contributed by atoms with Gasteiger partial charge in [0.2, 0.25) is 0 Å². The number of benzene rings is 2. The molecule has 0 aliphatic rings. The lowest BCUT2D eigenvalue weighted by atomic mass is 10.0. The smallest absolute Gasteiger partial charge is 0.387 e. The molecule has 0 bridgehead atoms. The highest BCUT2D eigenvalue weighted by Crippen LogP contribution is 2.40. The van der Waals surface area contributed by atoms with Crippen LogP contribution in [-0.2, 0) is 0 Å². The SMILES string of the molecule is FC(F)Oc1ccc(Cl)cc1-c1cc(Cl)c(Cl)cc1Cl. The summed E-state index contributed by atoms with van der Waals surface area (Å²) in [5, 5.41) is 1.11. The first kappa shape index (κ1) is 15.6. The second kappa shape index (κ2) is 6.35. The molecule has 2 aromatic rings. The Balaban J connectivity index is 2.62. The van der Waals surface area contributed by atoms with E-state index < -0.39 is 6.61 Å². The van der Waals surface area contributed by atoms with Crippen molar-refractivity contribution in [1.82, 2.24) is 0 Å². The lowest BCUT2D eigenvalue weighted by Gasteiger charge is -2.13. The van der Waals surface area contributed by atoms with E-state index in [4.69, 9.17) is 46.4 Å². The van der Waals surface area contributed by atoms with Crippen LogP contribution < -0.4 is 4.74 Å². The average molecular weight is 358 g/mol. The maximum absolute atomic E-state index is 12.4. The first-order valence-electron chi connectivity index (χ1n) is 5.27. The fraction of sp³-hybridized carbons (Fsp3) is 0.0769. The van der Waals surface area contributed by atoms with Crippen molar-refractivity contribution in [2.45, 2.75) is 6.61 Å². The molecule has 0 saturated heterocycles. The Kier molecular flexibility index (Phi) is 4.97. The molecule has 2 aromatic carbocycles. The summed E-state index contributed by atoms with van der Waals surface area (Å²) < 4.78 is 29.3. The van der Waals surface area contributed by atoms with Gasteiger partial charge in [0.15, 0.2) is 0 Å². The van der Waals surface area contributed by atoms with Crippen LogP contribution in [0.2, 0.25) is 20.1 Å². The van der Waals surface area contributed by atoms with Crippen LogP contribution in [0.5, 0.6) is 5.75 Å². The molecule has 0 aliphatic carbocycles. The van der Waals surface area contributed by atoms with Crippen molar-refractivity contribution < 1.29 is 13.5 Å². The van der Waals surface area contributed by atoms with Crippen LogP contribution in [0.25, 0.3) is 11.1 Å². The Bertz CT molecular complexity index is 647. The van der Waals surface area contributed by atoms with Gasteiger partial charge in [-0.3, -0.25) is 0 Å². The maximum Gasteiger partial charge on any atom is 0.387 e. The molecule has 0 spiro atoms. The molecular weight excluding hydrogens is 352 g/mol. The van der Waals surface area contributed by atoms with Crippen LogP contribution >= 0.6 is 46.4 Å². The van der Waals surface area contributed by atoms with E-state index in [1.165, 1.54) is 30.3 Å². The van der Waals surface area contributed by atoms with Crippen molar-refractivity contribution >= 4 is 46.4 Å². The number of hydrogen-bond donors (Lipinski definition) is 0. The Morgan fingerprint density at radius 2 is 1.45 bits per heavy atom. The van der Waals surface area contributed by atoms with Gasteiger partial charge in [-0.05, 0) is 30.3 Å². The second-order valence-corrected chi connectivity index (χ2v) is 5.42. The van der Waals surface area contributed by atoms with Crippen molar-refractivity contribution in [3.63, 3.8) is 0 Å². The largest absolute Gasteiger partial charge is 0.434 e. The Morgan fingerprint density at radius 1 is 0.800 bits per heavy atom. The fourth-order valence-electron chi connectivity index (χ4n) is 1.64.